The second-order valence-corrected chi connectivity index (χ2v) is 3.41. The highest BCUT2D eigenvalue weighted by molar-refractivity contribution is 5.37. The van der Waals surface area contributed by atoms with E-state index in [0.29, 0.717) is 11.4 Å². The summed E-state index contributed by atoms with van der Waals surface area (Å²) >= 11 is 0. The molecule has 5 nitrogen and oxygen atoms in total. The predicted molar refractivity (Wildman–Crippen MR) is 55.3 cm³/mol. The van der Waals surface area contributed by atoms with Crippen LogP contribution in [-0.4, -0.2) is 19.9 Å². The van der Waals surface area contributed by atoms with Gasteiger partial charge in [-0.15, -0.1) is 0 Å². The molecule has 0 saturated heterocycles. The number of hydrogen-bond acceptors (Lipinski definition) is 3. The fourth-order valence-corrected chi connectivity index (χ4v) is 1.56. The van der Waals surface area contributed by atoms with Crippen LogP contribution in [0.5, 0.6) is 5.75 Å². The van der Waals surface area contributed by atoms with E-state index in [9.17, 15) is 9.90 Å². The van der Waals surface area contributed by atoms with Gasteiger partial charge in [0, 0.05) is 11.8 Å². The van der Waals surface area contributed by atoms with Crippen LogP contribution in [0, 0.1) is 13.8 Å². The number of nitrogens with zero attached hydrogens (tertiary/aromatic N) is 2. The van der Waals surface area contributed by atoms with Gasteiger partial charge in [-0.2, -0.15) is 5.10 Å². The molecule has 0 aromatic carbocycles. The minimum atomic E-state index is -0.267. The van der Waals surface area contributed by atoms with Gasteiger partial charge in [0.2, 0.25) is 0 Å². The first-order valence-electron chi connectivity index (χ1n) is 4.52. The number of hydrogen-bond donors (Lipinski definition) is 2. The molecule has 5 heteroatoms. The number of aromatic nitrogens is 3. The Bertz CT molecular complexity index is 554. The Morgan fingerprint density at radius 3 is 2.67 bits per heavy atom. The zero-order chi connectivity index (χ0) is 11.0. The van der Waals surface area contributed by atoms with Crippen molar-refractivity contribution >= 4 is 0 Å². The van der Waals surface area contributed by atoms with E-state index in [-0.39, 0.29) is 11.3 Å². The van der Waals surface area contributed by atoms with Crippen molar-refractivity contribution in [2.45, 2.75) is 13.8 Å². The van der Waals surface area contributed by atoms with Gasteiger partial charge in [0.1, 0.15) is 5.75 Å². The van der Waals surface area contributed by atoms with Gasteiger partial charge in [0.05, 0.1) is 17.6 Å². The number of H-pyrrole nitrogens is 1. The van der Waals surface area contributed by atoms with Gasteiger partial charge in [-0.3, -0.25) is 14.5 Å². The Kier molecular flexibility index (Phi) is 2.07. The fourth-order valence-electron chi connectivity index (χ4n) is 1.56. The fraction of sp³-hybridized carbons (Fsp3) is 0.200. The van der Waals surface area contributed by atoms with E-state index in [4.69, 9.17) is 0 Å². The number of aryl methyl sites for hydroxylation is 2. The van der Waals surface area contributed by atoms with Crippen molar-refractivity contribution < 1.29 is 5.11 Å². The smallest absolute Gasteiger partial charge is 0.259 e. The average Bonchev–Trinajstić information content (AvgIpc) is 2.50. The summed E-state index contributed by atoms with van der Waals surface area (Å²) in [7, 11) is 0. The molecule has 2 aromatic heterocycles. The van der Waals surface area contributed by atoms with E-state index in [0.717, 1.165) is 5.69 Å². The number of pyridine rings is 1. The number of aromatic amines is 1. The van der Waals surface area contributed by atoms with Gasteiger partial charge < -0.3 is 5.11 Å². The summed E-state index contributed by atoms with van der Waals surface area (Å²) < 4.78 is 1.50. The van der Waals surface area contributed by atoms with Crippen LogP contribution in [-0.2, 0) is 0 Å². The van der Waals surface area contributed by atoms with Crippen LogP contribution in [0.25, 0.3) is 5.69 Å². The van der Waals surface area contributed by atoms with E-state index in [1.807, 2.05) is 6.92 Å². The molecule has 0 saturated carbocycles. The molecule has 2 aromatic rings. The van der Waals surface area contributed by atoms with Crippen LogP contribution in [0.1, 0.15) is 11.4 Å². The molecule has 2 N–H and O–H groups in total. The summed E-state index contributed by atoms with van der Waals surface area (Å²) in [4.78, 5) is 11.7. The minimum Gasteiger partial charge on any atom is -0.508 e. The van der Waals surface area contributed by atoms with Crippen molar-refractivity contribution in [3.05, 3.63) is 40.1 Å². The first-order chi connectivity index (χ1) is 7.09. The van der Waals surface area contributed by atoms with Gasteiger partial charge >= 0.3 is 0 Å². The summed E-state index contributed by atoms with van der Waals surface area (Å²) in [5.41, 5.74) is 1.92. The van der Waals surface area contributed by atoms with Crippen molar-refractivity contribution in [2.24, 2.45) is 0 Å². The van der Waals surface area contributed by atoms with E-state index < -0.39 is 0 Å². The van der Waals surface area contributed by atoms with Crippen molar-refractivity contribution in [1.82, 2.24) is 14.8 Å². The summed E-state index contributed by atoms with van der Waals surface area (Å²) in [6, 6.07) is 2.72. The van der Waals surface area contributed by atoms with E-state index in [1.165, 1.54) is 16.7 Å². The topological polar surface area (TPSA) is 70.9 Å². The molecule has 2 rings (SSSR count). The molecular weight excluding hydrogens is 194 g/mol. The summed E-state index contributed by atoms with van der Waals surface area (Å²) in [6.45, 7) is 3.59. The molecule has 78 valence electrons. The van der Waals surface area contributed by atoms with Crippen LogP contribution in [0.2, 0.25) is 0 Å². The standard InChI is InChI=1S/C10H11N3O2/c1-6-3-8(14)4-10(15)13(6)9-5-11-12-7(9)2/h3-5,14H,1-2H3,(H,11,12). The third kappa shape index (κ3) is 1.52. The van der Waals surface area contributed by atoms with Crippen LogP contribution >= 0.6 is 0 Å². The maximum absolute atomic E-state index is 11.7. The molecule has 0 spiro atoms. The highest BCUT2D eigenvalue weighted by Gasteiger charge is 2.08. The second kappa shape index (κ2) is 3.27. The molecule has 0 aliphatic rings. The first kappa shape index (κ1) is 9.51. The van der Waals surface area contributed by atoms with E-state index in [2.05, 4.69) is 10.2 Å². The second-order valence-electron chi connectivity index (χ2n) is 3.41. The van der Waals surface area contributed by atoms with Gasteiger partial charge in [-0.05, 0) is 19.9 Å². The zero-order valence-electron chi connectivity index (χ0n) is 8.48. The van der Waals surface area contributed by atoms with Gasteiger partial charge in [0.25, 0.3) is 5.56 Å². The quantitative estimate of drug-likeness (QED) is 0.726. The minimum absolute atomic E-state index is 0.0186. The van der Waals surface area contributed by atoms with Gasteiger partial charge in [-0.25, -0.2) is 0 Å². The third-order valence-electron chi connectivity index (χ3n) is 2.25. The Labute approximate surface area is 86.0 Å². The Morgan fingerprint density at radius 2 is 2.13 bits per heavy atom. The normalized spacial score (nSPS) is 10.5. The lowest BCUT2D eigenvalue weighted by Gasteiger charge is -2.08. The van der Waals surface area contributed by atoms with Crippen LogP contribution in [0.4, 0.5) is 0 Å². The van der Waals surface area contributed by atoms with E-state index >= 15 is 0 Å². The maximum atomic E-state index is 11.7. The molecule has 0 radical (unpaired) electrons. The lowest BCUT2D eigenvalue weighted by Crippen LogP contribution is -2.19. The molecule has 15 heavy (non-hydrogen) atoms. The predicted octanol–water partition coefficient (Wildman–Crippen LogP) is 0.883. The molecule has 0 bridgehead atoms. The molecular formula is C10H11N3O2. The SMILES string of the molecule is Cc1[nH]ncc1-n1c(C)cc(O)cc1=O. The highest BCUT2D eigenvalue weighted by Crippen LogP contribution is 2.13. The lowest BCUT2D eigenvalue weighted by atomic mass is 10.3. The number of nitrogens with one attached hydrogen (secondary N) is 1. The average molecular weight is 205 g/mol. The van der Waals surface area contributed by atoms with E-state index in [1.54, 1.807) is 13.1 Å². The lowest BCUT2D eigenvalue weighted by molar-refractivity contribution is 0.472. The summed E-state index contributed by atoms with van der Waals surface area (Å²) in [5, 5.41) is 15.9. The van der Waals surface area contributed by atoms with Crippen molar-refractivity contribution in [2.75, 3.05) is 0 Å². The number of aromatic hydroxyl groups is 1. The largest absolute Gasteiger partial charge is 0.508 e. The Balaban J connectivity index is 2.74. The monoisotopic (exact) mass is 205 g/mol. The van der Waals surface area contributed by atoms with Crippen LogP contribution in [0.3, 0.4) is 0 Å². The number of rotatable bonds is 1. The summed E-state index contributed by atoms with van der Waals surface area (Å²) in [5.74, 6) is -0.0186. The van der Waals surface area contributed by atoms with Crippen LogP contribution in [0.15, 0.2) is 23.1 Å². The maximum Gasteiger partial charge on any atom is 0.259 e. The molecule has 0 amide bonds. The van der Waals surface area contributed by atoms with Crippen LogP contribution < -0.4 is 5.56 Å². The Hall–Kier alpha value is -2.04. The van der Waals surface area contributed by atoms with Crippen molar-refractivity contribution in [3.63, 3.8) is 0 Å². The molecule has 2 heterocycles. The molecule has 0 unspecified atom stereocenters. The zero-order valence-corrected chi connectivity index (χ0v) is 8.48. The summed E-state index contributed by atoms with van der Waals surface area (Å²) in [6.07, 6.45) is 1.58. The molecule has 0 atom stereocenters. The molecule has 0 fully saturated rings. The third-order valence-corrected chi connectivity index (χ3v) is 2.25. The first-order valence-corrected chi connectivity index (χ1v) is 4.52. The molecule has 0 aliphatic heterocycles. The Morgan fingerprint density at radius 1 is 1.40 bits per heavy atom. The van der Waals surface area contributed by atoms with Gasteiger partial charge in [-0.1, -0.05) is 0 Å². The van der Waals surface area contributed by atoms with Crippen molar-refractivity contribution in [1.29, 1.82) is 0 Å². The molecule has 0 aliphatic carbocycles. The van der Waals surface area contributed by atoms with Crippen molar-refractivity contribution in [3.8, 4) is 11.4 Å². The highest BCUT2D eigenvalue weighted by atomic mass is 16.3. The van der Waals surface area contributed by atoms with Gasteiger partial charge in [0.15, 0.2) is 0 Å².